The molecule has 0 fully saturated rings. The topological polar surface area (TPSA) is 58.2 Å². The van der Waals surface area contributed by atoms with E-state index in [1.807, 2.05) is 12.2 Å². The van der Waals surface area contributed by atoms with E-state index in [4.69, 9.17) is 0 Å². The van der Waals surface area contributed by atoms with Crippen molar-refractivity contribution in [3.63, 3.8) is 0 Å². The Hall–Kier alpha value is -0.970. The van der Waals surface area contributed by atoms with Crippen LogP contribution in [0.2, 0.25) is 0 Å². The third kappa shape index (κ3) is 3.95. The van der Waals surface area contributed by atoms with E-state index < -0.39 is 6.04 Å². The number of hydrogen-bond acceptors (Lipinski definition) is 3. The molecule has 84 valence electrons. The van der Waals surface area contributed by atoms with Gasteiger partial charge in [0.15, 0.2) is 0 Å². The average Bonchev–Trinajstić information content (AvgIpc) is 2.66. The molecule has 1 atom stereocenters. The van der Waals surface area contributed by atoms with Gasteiger partial charge in [-0.1, -0.05) is 12.2 Å². The normalized spacial score (nSPS) is 17.5. The zero-order valence-electron chi connectivity index (χ0n) is 8.69. The summed E-state index contributed by atoms with van der Waals surface area (Å²) in [5.74, 6) is -0.0615. The van der Waals surface area contributed by atoms with E-state index in [1.165, 1.54) is 6.92 Å². The van der Waals surface area contributed by atoms with Crippen LogP contribution >= 0.6 is 12.6 Å². The van der Waals surface area contributed by atoms with Gasteiger partial charge >= 0.3 is 0 Å². The molecule has 0 saturated carbocycles. The lowest BCUT2D eigenvalue weighted by Crippen LogP contribution is -2.49. The standard InChI is InChI=1S/C10H16N2O2S/c1-7(13)11-9(6-15)10(14)12-8-4-2-3-5-8/h2-3,8-9,15H,4-6H2,1H3,(H,11,13)(H,12,14). The van der Waals surface area contributed by atoms with Crippen LogP contribution in [0.4, 0.5) is 0 Å². The molecule has 0 spiro atoms. The summed E-state index contributed by atoms with van der Waals surface area (Å²) in [7, 11) is 0. The Morgan fingerprint density at radius 1 is 1.47 bits per heavy atom. The Bertz CT molecular complexity index is 271. The van der Waals surface area contributed by atoms with Crippen molar-refractivity contribution in [1.29, 1.82) is 0 Å². The van der Waals surface area contributed by atoms with Crippen molar-refractivity contribution in [2.45, 2.75) is 31.8 Å². The van der Waals surface area contributed by atoms with E-state index in [0.29, 0.717) is 5.75 Å². The maximum atomic E-state index is 11.7. The number of hydrogen-bond donors (Lipinski definition) is 3. The molecular formula is C10H16N2O2S. The first-order valence-corrected chi connectivity index (χ1v) is 5.60. The van der Waals surface area contributed by atoms with E-state index >= 15 is 0 Å². The number of rotatable bonds is 4. The average molecular weight is 228 g/mol. The van der Waals surface area contributed by atoms with Crippen LogP contribution in [0.15, 0.2) is 12.2 Å². The van der Waals surface area contributed by atoms with Crippen LogP contribution < -0.4 is 10.6 Å². The third-order valence-electron chi connectivity index (χ3n) is 2.23. The first-order chi connectivity index (χ1) is 7.13. The molecule has 0 aromatic rings. The quantitative estimate of drug-likeness (QED) is 0.477. The van der Waals surface area contributed by atoms with Crippen LogP contribution in [0.5, 0.6) is 0 Å². The van der Waals surface area contributed by atoms with E-state index in [0.717, 1.165) is 12.8 Å². The van der Waals surface area contributed by atoms with Crippen molar-refractivity contribution in [3.8, 4) is 0 Å². The fraction of sp³-hybridized carbons (Fsp3) is 0.600. The molecule has 0 aliphatic heterocycles. The number of amides is 2. The van der Waals surface area contributed by atoms with Gasteiger partial charge in [-0.15, -0.1) is 0 Å². The first kappa shape index (κ1) is 12.1. The third-order valence-corrected chi connectivity index (χ3v) is 2.60. The largest absolute Gasteiger partial charge is 0.351 e. The molecule has 0 aromatic carbocycles. The molecule has 4 nitrogen and oxygen atoms in total. The molecule has 0 bridgehead atoms. The van der Waals surface area contributed by atoms with Gasteiger partial charge in [0.1, 0.15) is 6.04 Å². The summed E-state index contributed by atoms with van der Waals surface area (Å²) >= 11 is 4.03. The smallest absolute Gasteiger partial charge is 0.243 e. The molecule has 0 aromatic heterocycles. The first-order valence-electron chi connectivity index (χ1n) is 4.97. The van der Waals surface area contributed by atoms with E-state index in [1.54, 1.807) is 0 Å². The molecule has 1 aliphatic rings. The molecule has 2 N–H and O–H groups in total. The van der Waals surface area contributed by atoms with Gasteiger partial charge in [0, 0.05) is 18.7 Å². The Morgan fingerprint density at radius 2 is 2.07 bits per heavy atom. The van der Waals surface area contributed by atoms with Crippen molar-refractivity contribution in [2.75, 3.05) is 5.75 Å². The minimum atomic E-state index is -0.536. The van der Waals surface area contributed by atoms with Gasteiger partial charge in [-0.2, -0.15) is 12.6 Å². The second kappa shape index (κ2) is 5.80. The molecule has 0 saturated heterocycles. The lowest BCUT2D eigenvalue weighted by Gasteiger charge is -2.18. The van der Waals surface area contributed by atoms with Crippen molar-refractivity contribution in [3.05, 3.63) is 12.2 Å². The van der Waals surface area contributed by atoms with Crippen molar-refractivity contribution in [1.82, 2.24) is 10.6 Å². The summed E-state index contributed by atoms with van der Waals surface area (Å²) in [6, 6.07) is -0.361. The number of nitrogens with one attached hydrogen (secondary N) is 2. The highest BCUT2D eigenvalue weighted by molar-refractivity contribution is 7.80. The number of thiol groups is 1. The number of carbonyl (C=O) groups is 2. The summed E-state index contributed by atoms with van der Waals surface area (Å²) < 4.78 is 0. The maximum absolute atomic E-state index is 11.7. The molecule has 1 aliphatic carbocycles. The van der Waals surface area contributed by atoms with Crippen LogP contribution in [0.1, 0.15) is 19.8 Å². The van der Waals surface area contributed by atoms with Crippen molar-refractivity contribution in [2.24, 2.45) is 0 Å². The summed E-state index contributed by atoms with van der Waals surface area (Å²) in [6.07, 6.45) is 5.81. The summed E-state index contributed by atoms with van der Waals surface area (Å²) in [5, 5.41) is 5.43. The lowest BCUT2D eigenvalue weighted by molar-refractivity contribution is -0.127. The maximum Gasteiger partial charge on any atom is 0.243 e. The second-order valence-electron chi connectivity index (χ2n) is 3.58. The highest BCUT2D eigenvalue weighted by Crippen LogP contribution is 2.09. The highest BCUT2D eigenvalue weighted by Gasteiger charge is 2.21. The van der Waals surface area contributed by atoms with Crippen LogP contribution in [-0.2, 0) is 9.59 Å². The molecular weight excluding hydrogens is 212 g/mol. The Labute approximate surface area is 94.9 Å². The van der Waals surface area contributed by atoms with E-state index in [2.05, 4.69) is 23.3 Å². The Morgan fingerprint density at radius 3 is 2.53 bits per heavy atom. The highest BCUT2D eigenvalue weighted by atomic mass is 32.1. The van der Waals surface area contributed by atoms with Gasteiger partial charge in [0.05, 0.1) is 0 Å². The summed E-state index contributed by atoms with van der Waals surface area (Å²) in [6.45, 7) is 1.39. The Kier molecular flexibility index (Phi) is 4.68. The molecule has 15 heavy (non-hydrogen) atoms. The van der Waals surface area contributed by atoms with Crippen LogP contribution in [0, 0.1) is 0 Å². The fourth-order valence-electron chi connectivity index (χ4n) is 1.48. The van der Waals surface area contributed by atoms with E-state index in [-0.39, 0.29) is 17.9 Å². The van der Waals surface area contributed by atoms with Crippen molar-refractivity contribution >= 4 is 24.4 Å². The summed E-state index contributed by atoms with van der Waals surface area (Å²) in [4.78, 5) is 22.5. The van der Waals surface area contributed by atoms with E-state index in [9.17, 15) is 9.59 Å². The van der Waals surface area contributed by atoms with Gasteiger partial charge in [-0.3, -0.25) is 9.59 Å². The minimum absolute atomic E-state index is 0.158. The molecule has 0 heterocycles. The van der Waals surface area contributed by atoms with Gasteiger partial charge in [0.2, 0.25) is 11.8 Å². The minimum Gasteiger partial charge on any atom is -0.351 e. The molecule has 1 rings (SSSR count). The van der Waals surface area contributed by atoms with Crippen molar-refractivity contribution < 1.29 is 9.59 Å². The zero-order valence-corrected chi connectivity index (χ0v) is 9.59. The molecule has 2 amide bonds. The van der Waals surface area contributed by atoms with Gasteiger partial charge in [-0.25, -0.2) is 0 Å². The molecule has 5 heteroatoms. The van der Waals surface area contributed by atoms with Crippen LogP contribution in [0.25, 0.3) is 0 Å². The van der Waals surface area contributed by atoms with Crippen LogP contribution in [-0.4, -0.2) is 29.7 Å². The van der Waals surface area contributed by atoms with Gasteiger partial charge in [0.25, 0.3) is 0 Å². The monoisotopic (exact) mass is 228 g/mol. The van der Waals surface area contributed by atoms with Gasteiger partial charge in [-0.05, 0) is 12.8 Å². The Balaban J connectivity index is 2.38. The zero-order chi connectivity index (χ0) is 11.3. The number of carbonyl (C=O) groups excluding carboxylic acids is 2. The summed E-state index contributed by atoms with van der Waals surface area (Å²) in [5.41, 5.74) is 0. The SMILES string of the molecule is CC(=O)NC(CS)C(=O)NC1CC=CC1. The fourth-order valence-corrected chi connectivity index (χ4v) is 1.73. The predicted molar refractivity (Wildman–Crippen MR) is 61.8 cm³/mol. The lowest BCUT2D eigenvalue weighted by atomic mass is 10.2. The molecule has 0 radical (unpaired) electrons. The second-order valence-corrected chi connectivity index (χ2v) is 3.95. The predicted octanol–water partition coefficient (Wildman–Crippen LogP) is 0.256. The van der Waals surface area contributed by atoms with Gasteiger partial charge < -0.3 is 10.6 Å². The van der Waals surface area contributed by atoms with Crippen LogP contribution in [0.3, 0.4) is 0 Å². The molecule has 1 unspecified atom stereocenters.